The van der Waals surface area contributed by atoms with Crippen LogP contribution in [0.25, 0.3) is 11.1 Å². The van der Waals surface area contributed by atoms with Crippen LogP contribution < -0.4 is 0 Å². The molecule has 1 unspecified atom stereocenters. The van der Waals surface area contributed by atoms with Crippen LogP contribution in [0.5, 0.6) is 0 Å². The number of nitrogens with zero attached hydrogens (tertiary/aromatic N) is 1. The number of hydrogen-bond acceptors (Lipinski definition) is 4. The van der Waals surface area contributed by atoms with E-state index in [2.05, 4.69) is 4.98 Å². The van der Waals surface area contributed by atoms with Crippen LogP contribution in [0.4, 0.5) is 0 Å². The molecular formula is C13H13NO4. The summed E-state index contributed by atoms with van der Waals surface area (Å²) in [6.07, 6.45) is 1.95. The first-order valence-corrected chi connectivity index (χ1v) is 5.96. The summed E-state index contributed by atoms with van der Waals surface area (Å²) in [6.45, 7) is 1.37. The number of carbonyl (C=O) groups is 1. The van der Waals surface area contributed by atoms with E-state index in [0.29, 0.717) is 23.6 Å². The first kappa shape index (κ1) is 11.2. The lowest BCUT2D eigenvalue weighted by Crippen LogP contribution is -2.15. The van der Waals surface area contributed by atoms with Crippen LogP contribution >= 0.6 is 0 Å². The van der Waals surface area contributed by atoms with Gasteiger partial charge in [0.2, 0.25) is 5.89 Å². The van der Waals surface area contributed by atoms with Crippen molar-refractivity contribution in [3.8, 4) is 0 Å². The molecule has 1 aliphatic rings. The molecule has 94 valence electrons. The highest BCUT2D eigenvalue weighted by Crippen LogP contribution is 2.29. The number of hydrogen-bond donors (Lipinski definition) is 1. The Kier molecular flexibility index (Phi) is 2.76. The van der Waals surface area contributed by atoms with Gasteiger partial charge in [-0.3, -0.25) is 0 Å². The Hall–Kier alpha value is -1.88. The van der Waals surface area contributed by atoms with Crippen LogP contribution in [0.2, 0.25) is 0 Å². The molecule has 0 bridgehead atoms. The van der Waals surface area contributed by atoms with Gasteiger partial charge < -0.3 is 14.3 Å². The Balaban J connectivity index is 2.04. The third kappa shape index (κ3) is 1.86. The van der Waals surface area contributed by atoms with Crippen molar-refractivity contribution in [1.82, 2.24) is 4.98 Å². The number of carboxylic acids is 1. The van der Waals surface area contributed by atoms with E-state index in [-0.39, 0.29) is 11.5 Å². The highest BCUT2D eigenvalue weighted by atomic mass is 16.5. The maximum absolute atomic E-state index is 11.1. The van der Waals surface area contributed by atoms with Gasteiger partial charge in [-0.05, 0) is 25.0 Å². The molecule has 5 nitrogen and oxygen atoms in total. The number of carboxylic acid groups (broad SMARTS) is 1. The van der Waals surface area contributed by atoms with E-state index in [1.807, 2.05) is 0 Å². The molecule has 0 amide bonds. The maximum Gasteiger partial charge on any atom is 0.339 e. The molecule has 0 saturated carbocycles. The molecule has 1 aliphatic heterocycles. The third-order valence-corrected chi connectivity index (χ3v) is 3.17. The van der Waals surface area contributed by atoms with Crippen molar-refractivity contribution in [1.29, 1.82) is 0 Å². The lowest BCUT2D eigenvalue weighted by atomic mass is 10.0. The first-order valence-electron chi connectivity index (χ1n) is 5.96. The Morgan fingerprint density at radius 3 is 3.06 bits per heavy atom. The topological polar surface area (TPSA) is 72.6 Å². The van der Waals surface area contributed by atoms with Gasteiger partial charge >= 0.3 is 5.97 Å². The van der Waals surface area contributed by atoms with Gasteiger partial charge in [-0.25, -0.2) is 9.78 Å². The summed E-state index contributed by atoms with van der Waals surface area (Å²) in [4.78, 5) is 15.5. The van der Waals surface area contributed by atoms with Gasteiger partial charge in [-0.15, -0.1) is 0 Å². The number of para-hydroxylation sites is 1. The van der Waals surface area contributed by atoms with Gasteiger partial charge in [0.25, 0.3) is 0 Å². The zero-order valence-electron chi connectivity index (χ0n) is 9.76. The summed E-state index contributed by atoms with van der Waals surface area (Å²) in [5.41, 5.74) is 1.10. The van der Waals surface area contributed by atoms with Crippen LogP contribution in [0, 0.1) is 0 Å². The molecule has 2 aromatic rings. The third-order valence-electron chi connectivity index (χ3n) is 3.17. The second-order valence-electron chi connectivity index (χ2n) is 4.43. The van der Waals surface area contributed by atoms with Crippen LogP contribution in [0.1, 0.15) is 35.0 Å². The van der Waals surface area contributed by atoms with E-state index in [4.69, 9.17) is 14.3 Å². The number of ether oxygens (including phenoxy) is 1. The van der Waals surface area contributed by atoms with Crippen molar-refractivity contribution in [2.45, 2.75) is 18.8 Å². The lowest BCUT2D eigenvalue weighted by Gasteiger charge is -2.18. The summed E-state index contributed by atoms with van der Waals surface area (Å²) in [7, 11) is 0. The van der Waals surface area contributed by atoms with Crippen molar-refractivity contribution in [2.24, 2.45) is 0 Å². The van der Waals surface area contributed by atoms with E-state index in [1.54, 1.807) is 12.1 Å². The summed E-state index contributed by atoms with van der Waals surface area (Å²) in [5, 5.41) is 9.09. The van der Waals surface area contributed by atoms with Gasteiger partial charge in [0.1, 0.15) is 11.1 Å². The molecule has 3 rings (SSSR count). The molecule has 18 heavy (non-hydrogen) atoms. The predicted molar refractivity (Wildman–Crippen MR) is 63.8 cm³/mol. The van der Waals surface area contributed by atoms with E-state index in [1.165, 1.54) is 6.07 Å². The van der Waals surface area contributed by atoms with Crippen molar-refractivity contribution >= 4 is 17.1 Å². The number of aromatic nitrogens is 1. The van der Waals surface area contributed by atoms with E-state index in [0.717, 1.165) is 19.4 Å². The van der Waals surface area contributed by atoms with Gasteiger partial charge in [-0.2, -0.15) is 0 Å². The molecule has 0 aliphatic carbocycles. The minimum absolute atomic E-state index is 0.132. The standard InChI is InChI=1S/C13H13NO4/c15-13(16)9-4-1-5-10-11(9)18-12(14-10)8-3-2-6-17-7-8/h1,4-5,8H,2-3,6-7H2,(H,15,16). The average molecular weight is 247 g/mol. The minimum Gasteiger partial charge on any atom is -0.478 e. The number of oxazole rings is 1. The Bertz CT molecular complexity index is 584. The fourth-order valence-corrected chi connectivity index (χ4v) is 2.24. The number of aromatic carboxylic acids is 1. The van der Waals surface area contributed by atoms with Gasteiger partial charge in [0.05, 0.1) is 12.5 Å². The second-order valence-corrected chi connectivity index (χ2v) is 4.43. The number of rotatable bonds is 2. The summed E-state index contributed by atoms with van der Waals surface area (Å²) < 4.78 is 11.0. The number of fused-ring (bicyclic) bond motifs is 1. The Morgan fingerprint density at radius 1 is 1.44 bits per heavy atom. The minimum atomic E-state index is -0.997. The fourth-order valence-electron chi connectivity index (χ4n) is 2.24. The Morgan fingerprint density at radius 2 is 2.33 bits per heavy atom. The van der Waals surface area contributed by atoms with Gasteiger partial charge in [-0.1, -0.05) is 6.07 Å². The predicted octanol–water partition coefficient (Wildman–Crippen LogP) is 2.42. The zero-order valence-corrected chi connectivity index (χ0v) is 9.76. The van der Waals surface area contributed by atoms with Gasteiger partial charge in [0.15, 0.2) is 5.58 Å². The monoisotopic (exact) mass is 247 g/mol. The van der Waals surface area contributed by atoms with Crippen LogP contribution in [0.15, 0.2) is 22.6 Å². The molecule has 5 heteroatoms. The normalized spacial score (nSPS) is 20.1. The molecule has 1 fully saturated rings. The van der Waals surface area contributed by atoms with E-state index in [9.17, 15) is 4.79 Å². The average Bonchev–Trinajstić information content (AvgIpc) is 2.83. The first-order chi connectivity index (χ1) is 8.75. The van der Waals surface area contributed by atoms with E-state index >= 15 is 0 Å². The highest BCUT2D eigenvalue weighted by molar-refractivity contribution is 5.99. The summed E-state index contributed by atoms with van der Waals surface area (Å²) >= 11 is 0. The van der Waals surface area contributed by atoms with Gasteiger partial charge in [0, 0.05) is 6.61 Å². The van der Waals surface area contributed by atoms with Crippen molar-refractivity contribution in [3.05, 3.63) is 29.7 Å². The molecule has 1 saturated heterocycles. The summed E-state index contributed by atoms with van der Waals surface area (Å²) in [6, 6.07) is 4.96. The molecule has 1 atom stereocenters. The lowest BCUT2D eigenvalue weighted by molar-refractivity contribution is 0.0696. The molecule has 2 heterocycles. The Labute approximate surface area is 103 Å². The molecule has 0 spiro atoms. The van der Waals surface area contributed by atoms with Crippen molar-refractivity contribution in [3.63, 3.8) is 0 Å². The number of benzene rings is 1. The summed E-state index contributed by atoms with van der Waals surface area (Å²) in [5.74, 6) is -0.283. The fraction of sp³-hybridized carbons (Fsp3) is 0.385. The van der Waals surface area contributed by atoms with Crippen LogP contribution in [-0.4, -0.2) is 29.3 Å². The maximum atomic E-state index is 11.1. The molecule has 0 radical (unpaired) electrons. The molecule has 1 N–H and O–H groups in total. The molecular weight excluding hydrogens is 234 g/mol. The smallest absolute Gasteiger partial charge is 0.339 e. The SMILES string of the molecule is O=C(O)c1cccc2nc(C3CCCOC3)oc12. The zero-order chi connectivity index (χ0) is 12.5. The van der Waals surface area contributed by atoms with E-state index < -0.39 is 5.97 Å². The van der Waals surface area contributed by atoms with Crippen molar-refractivity contribution < 1.29 is 19.1 Å². The van der Waals surface area contributed by atoms with Crippen molar-refractivity contribution in [2.75, 3.05) is 13.2 Å². The molecule has 1 aromatic carbocycles. The van der Waals surface area contributed by atoms with Crippen LogP contribution in [0.3, 0.4) is 0 Å². The highest BCUT2D eigenvalue weighted by Gasteiger charge is 2.23. The van der Waals surface area contributed by atoms with Crippen LogP contribution in [-0.2, 0) is 4.74 Å². The second kappa shape index (κ2) is 4.42. The quantitative estimate of drug-likeness (QED) is 0.882. The molecule has 1 aromatic heterocycles. The largest absolute Gasteiger partial charge is 0.478 e.